The number of halogens is 3. The highest BCUT2D eigenvalue weighted by atomic mass is 19.4. The van der Waals surface area contributed by atoms with E-state index < -0.39 is 23.7 Å². The molecular formula is C21H20F3N3O2. The summed E-state index contributed by atoms with van der Waals surface area (Å²) < 4.78 is 42.1. The van der Waals surface area contributed by atoms with Crippen molar-refractivity contribution < 1.29 is 22.8 Å². The molecule has 0 fully saturated rings. The first kappa shape index (κ1) is 20.6. The van der Waals surface area contributed by atoms with Gasteiger partial charge in [-0.05, 0) is 12.0 Å². The number of hydrogen-bond donors (Lipinski definition) is 1. The average Bonchev–Trinajstić information content (AvgIpc) is 3.00. The molecule has 1 heterocycles. The van der Waals surface area contributed by atoms with Crippen LogP contribution in [0.25, 0.3) is 0 Å². The number of amidine groups is 1. The van der Waals surface area contributed by atoms with Crippen molar-refractivity contribution >= 4 is 17.6 Å². The van der Waals surface area contributed by atoms with Gasteiger partial charge >= 0.3 is 11.8 Å². The topological polar surface area (TPSA) is 61.8 Å². The lowest BCUT2D eigenvalue weighted by Gasteiger charge is -2.29. The van der Waals surface area contributed by atoms with Crippen LogP contribution in [0.15, 0.2) is 65.7 Å². The molecule has 8 heteroatoms. The van der Waals surface area contributed by atoms with Crippen molar-refractivity contribution in [2.75, 3.05) is 6.54 Å². The predicted molar refractivity (Wildman–Crippen MR) is 102 cm³/mol. The van der Waals surface area contributed by atoms with Crippen LogP contribution in [-0.2, 0) is 16.0 Å². The normalized spacial score (nSPS) is 19.2. The molecule has 0 bridgehead atoms. The second kappa shape index (κ2) is 8.06. The summed E-state index contributed by atoms with van der Waals surface area (Å²) in [6.45, 7) is 1.41. The Labute approximate surface area is 166 Å². The Hall–Kier alpha value is -3.16. The minimum Gasteiger partial charge on any atom is -0.316 e. The summed E-state index contributed by atoms with van der Waals surface area (Å²) in [7, 11) is 0. The Kier molecular flexibility index (Phi) is 5.72. The van der Waals surface area contributed by atoms with Crippen LogP contribution in [0, 0.1) is 0 Å². The molecule has 0 radical (unpaired) electrons. The molecule has 1 unspecified atom stereocenters. The standard InChI is InChI=1S/C21H20F3N3O2/c1-2-17(28)25-20(21(22,23)24)19(29)27(14-13-15-9-5-3-6-10-15)18(26-20)16-11-7-4-8-12-16/h3-12H,2,13-14H2,1H3,(H,25,28). The molecule has 2 amide bonds. The molecule has 1 atom stereocenters. The SMILES string of the molecule is CCC(=O)NC1(C(F)(F)F)N=C(c2ccccc2)N(CCc2ccccc2)C1=O. The fourth-order valence-electron chi connectivity index (χ4n) is 3.09. The van der Waals surface area contributed by atoms with Crippen LogP contribution < -0.4 is 5.32 Å². The predicted octanol–water partition coefficient (Wildman–Crippen LogP) is 3.30. The highest BCUT2D eigenvalue weighted by molar-refractivity contribution is 6.16. The number of aliphatic imine (C=N–C) groups is 1. The van der Waals surface area contributed by atoms with Crippen molar-refractivity contribution in [3.8, 4) is 0 Å². The van der Waals surface area contributed by atoms with E-state index in [0.29, 0.717) is 12.0 Å². The van der Waals surface area contributed by atoms with E-state index in [0.717, 1.165) is 10.5 Å². The van der Waals surface area contributed by atoms with Crippen LogP contribution in [0.3, 0.4) is 0 Å². The molecular weight excluding hydrogens is 383 g/mol. The summed E-state index contributed by atoms with van der Waals surface area (Å²) in [5, 5.41) is 1.82. The molecule has 0 spiro atoms. The third kappa shape index (κ3) is 4.01. The monoisotopic (exact) mass is 403 g/mol. The molecule has 0 saturated carbocycles. The van der Waals surface area contributed by atoms with Crippen molar-refractivity contribution in [2.45, 2.75) is 31.6 Å². The highest BCUT2D eigenvalue weighted by Crippen LogP contribution is 2.38. The number of alkyl halides is 3. The Morgan fingerprint density at radius 3 is 2.21 bits per heavy atom. The van der Waals surface area contributed by atoms with Gasteiger partial charge in [-0.2, -0.15) is 13.2 Å². The first-order chi connectivity index (χ1) is 13.8. The summed E-state index contributed by atoms with van der Waals surface area (Å²) in [5.41, 5.74) is -2.08. The highest BCUT2D eigenvalue weighted by Gasteiger charge is 2.67. The van der Waals surface area contributed by atoms with Crippen molar-refractivity contribution in [2.24, 2.45) is 4.99 Å². The fourth-order valence-corrected chi connectivity index (χ4v) is 3.09. The molecule has 0 aromatic heterocycles. The second-order valence-electron chi connectivity index (χ2n) is 6.60. The van der Waals surface area contributed by atoms with E-state index in [-0.39, 0.29) is 18.8 Å². The first-order valence-corrected chi connectivity index (χ1v) is 9.17. The van der Waals surface area contributed by atoms with Crippen molar-refractivity contribution in [1.82, 2.24) is 10.2 Å². The Morgan fingerprint density at radius 2 is 1.66 bits per heavy atom. The molecule has 2 aromatic rings. The van der Waals surface area contributed by atoms with Crippen LogP contribution in [0.1, 0.15) is 24.5 Å². The quantitative estimate of drug-likeness (QED) is 0.805. The molecule has 29 heavy (non-hydrogen) atoms. The van der Waals surface area contributed by atoms with Crippen LogP contribution in [0.5, 0.6) is 0 Å². The summed E-state index contributed by atoms with van der Waals surface area (Å²) in [5.74, 6) is -2.32. The van der Waals surface area contributed by atoms with Crippen molar-refractivity contribution in [3.05, 3.63) is 71.8 Å². The van der Waals surface area contributed by atoms with Gasteiger partial charge < -0.3 is 5.32 Å². The maximum atomic E-state index is 14.0. The van der Waals surface area contributed by atoms with Crippen LogP contribution in [0.4, 0.5) is 13.2 Å². The maximum Gasteiger partial charge on any atom is 0.442 e. The zero-order chi connectivity index (χ0) is 21.1. The second-order valence-corrected chi connectivity index (χ2v) is 6.60. The van der Waals surface area contributed by atoms with E-state index in [1.54, 1.807) is 30.3 Å². The van der Waals surface area contributed by atoms with Gasteiger partial charge in [0.15, 0.2) is 0 Å². The summed E-state index contributed by atoms with van der Waals surface area (Å²) >= 11 is 0. The van der Waals surface area contributed by atoms with E-state index in [4.69, 9.17) is 0 Å². The van der Waals surface area contributed by atoms with E-state index in [1.807, 2.05) is 35.6 Å². The minimum atomic E-state index is -5.09. The fraction of sp³-hybridized carbons (Fsp3) is 0.286. The summed E-state index contributed by atoms with van der Waals surface area (Å²) in [6.07, 6.45) is -4.95. The van der Waals surface area contributed by atoms with Gasteiger partial charge in [-0.25, -0.2) is 4.99 Å². The van der Waals surface area contributed by atoms with Gasteiger partial charge in [0, 0.05) is 18.5 Å². The molecule has 1 aliphatic rings. The molecule has 2 aromatic carbocycles. The number of rotatable bonds is 6. The number of carbonyl (C=O) groups is 2. The molecule has 0 saturated heterocycles. The Balaban J connectivity index is 2.03. The van der Waals surface area contributed by atoms with E-state index in [2.05, 4.69) is 4.99 Å². The first-order valence-electron chi connectivity index (χ1n) is 9.17. The lowest BCUT2D eigenvalue weighted by Crippen LogP contribution is -2.63. The molecule has 3 rings (SSSR count). The maximum absolute atomic E-state index is 14.0. The largest absolute Gasteiger partial charge is 0.442 e. The molecule has 1 aliphatic heterocycles. The molecule has 5 nitrogen and oxygen atoms in total. The molecule has 1 N–H and O–H groups in total. The number of amides is 2. The van der Waals surface area contributed by atoms with Crippen LogP contribution in [0.2, 0.25) is 0 Å². The molecule has 152 valence electrons. The van der Waals surface area contributed by atoms with E-state index in [9.17, 15) is 22.8 Å². The van der Waals surface area contributed by atoms with Crippen LogP contribution in [-0.4, -0.2) is 40.9 Å². The minimum absolute atomic E-state index is 0.00357. The zero-order valence-electron chi connectivity index (χ0n) is 15.7. The van der Waals surface area contributed by atoms with Gasteiger partial charge in [0.05, 0.1) is 0 Å². The smallest absolute Gasteiger partial charge is 0.316 e. The number of nitrogens with zero attached hydrogens (tertiary/aromatic N) is 2. The average molecular weight is 403 g/mol. The lowest BCUT2D eigenvalue weighted by atomic mass is 10.1. The number of nitrogens with one attached hydrogen (secondary N) is 1. The van der Waals surface area contributed by atoms with Gasteiger partial charge in [-0.3, -0.25) is 14.5 Å². The van der Waals surface area contributed by atoms with Gasteiger partial charge in [-0.1, -0.05) is 67.6 Å². The molecule has 0 aliphatic carbocycles. The number of benzene rings is 2. The van der Waals surface area contributed by atoms with Crippen molar-refractivity contribution in [1.29, 1.82) is 0 Å². The van der Waals surface area contributed by atoms with Crippen LogP contribution >= 0.6 is 0 Å². The summed E-state index contributed by atoms with van der Waals surface area (Å²) in [6, 6.07) is 17.3. The van der Waals surface area contributed by atoms with Gasteiger partial charge in [0.2, 0.25) is 5.91 Å². The van der Waals surface area contributed by atoms with E-state index in [1.165, 1.54) is 6.92 Å². The third-order valence-electron chi connectivity index (χ3n) is 4.63. The van der Waals surface area contributed by atoms with E-state index >= 15 is 0 Å². The Bertz CT molecular complexity index is 914. The van der Waals surface area contributed by atoms with Crippen molar-refractivity contribution in [3.63, 3.8) is 0 Å². The Morgan fingerprint density at radius 1 is 1.07 bits per heavy atom. The zero-order valence-corrected chi connectivity index (χ0v) is 15.7. The van der Waals surface area contributed by atoms with Gasteiger partial charge in [0.25, 0.3) is 5.91 Å². The lowest BCUT2D eigenvalue weighted by molar-refractivity contribution is -0.200. The van der Waals surface area contributed by atoms with Gasteiger partial charge in [-0.15, -0.1) is 0 Å². The number of hydrogen-bond acceptors (Lipinski definition) is 3. The number of carbonyl (C=O) groups excluding carboxylic acids is 2. The third-order valence-corrected chi connectivity index (χ3v) is 4.63. The van der Waals surface area contributed by atoms with Gasteiger partial charge in [0.1, 0.15) is 5.84 Å². The summed E-state index contributed by atoms with van der Waals surface area (Å²) in [4.78, 5) is 29.6.